The Morgan fingerprint density at radius 1 is 1.07 bits per heavy atom. The van der Waals surface area contributed by atoms with Crippen LogP contribution in [-0.2, 0) is 6.54 Å². The van der Waals surface area contributed by atoms with Crippen molar-refractivity contribution in [3.8, 4) is 16.3 Å². The molecule has 0 atom stereocenters. The van der Waals surface area contributed by atoms with Crippen molar-refractivity contribution in [2.45, 2.75) is 6.54 Å². The van der Waals surface area contributed by atoms with Gasteiger partial charge < -0.3 is 10.3 Å². The topological polar surface area (TPSA) is 110 Å². The maximum Gasteiger partial charge on any atom is 0.613 e. The van der Waals surface area contributed by atoms with Crippen LogP contribution in [0.15, 0.2) is 60.7 Å². The van der Waals surface area contributed by atoms with Gasteiger partial charge >= 0.3 is 8.17 Å². The molecule has 0 aromatic heterocycles. The van der Waals surface area contributed by atoms with Gasteiger partial charge in [0.25, 0.3) is 0 Å². The Bertz CT molecular complexity index is 1210. The van der Waals surface area contributed by atoms with Crippen molar-refractivity contribution in [3.63, 3.8) is 0 Å². The van der Waals surface area contributed by atoms with Crippen LogP contribution in [0.25, 0.3) is 20.8 Å². The highest BCUT2D eigenvalue weighted by molar-refractivity contribution is 7.53. The van der Waals surface area contributed by atoms with Gasteiger partial charge in [-0.15, -0.1) is 11.3 Å². The molecule has 1 heterocycles. The van der Waals surface area contributed by atoms with Crippen LogP contribution in [0.2, 0.25) is 0 Å². The molecule has 0 spiro atoms. The van der Waals surface area contributed by atoms with E-state index < -0.39 is 8.17 Å². The lowest BCUT2D eigenvalue weighted by atomic mass is 10.2. The predicted octanol–water partition coefficient (Wildman–Crippen LogP) is 3.55. The van der Waals surface area contributed by atoms with Crippen LogP contribution in [0, 0.1) is 5.41 Å². The number of nitrogens with one attached hydrogen (secondary N) is 1. The van der Waals surface area contributed by atoms with Crippen molar-refractivity contribution in [2.75, 3.05) is 11.9 Å². The molecule has 9 heteroatoms. The van der Waals surface area contributed by atoms with Crippen molar-refractivity contribution >= 4 is 35.4 Å². The third-order valence-corrected chi connectivity index (χ3v) is 5.90. The SMILES string of the molecule is CN(Cc1cccc(O[P+](O)(O)O)c1)c1ccc2nc3ccc(=N)cc-3sc2c1. The van der Waals surface area contributed by atoms with E-state index in [2.05, 4.69) is 16.0 Å². The van der Waals surface area contributed by atoms with Gasteiger partial charge in [-0.25, -0.2) is 4.98 Å². The van der Waals surface area contributed by atoms with Gasteiger partial charge in [0.05, 0.1) is 26.1 Å². The number of hydrogen-bond acceptors (Lipinski definition) is 8. The zero-order valence-corrected chi connectivity index (χ0v) is 17.2. The van der Waals surface area contributed by atoms with Gasteiger partial charge in [0.1, 0.15) is 0 Å². The van der Waals surface area contributed by atoms with E-state index in [0.29, 0.717) is 11.9 Å². The van der Waals surface area contributed by atoms with E-state index in [0.717, 1.165) is 32.0 Å². The van der Waals surface area contributed by atoms with Gasteiger partial charge in [0.2, 0.25) is 0 Å². The molecule has 0 bridgehead atoms. The Balaban J connectivity index is 1.61. The van der Waals surface area contributed by atoms with E-state index >= 15 is 0 Å². The summed E-state index contributed by atoms with van der Waals surface area (Å²) in [6.07, 6.45) is 0. The van der Waals surface area contributed by atoms with Gasteiger partial charge in [-0.3, -0.25) is 4.52 Å². The van der Waals surface area contributed by atoms with Crippen LogP contribution < -0.4 is 14.8 Å². The molecule has 7 nitrogen and oxygen atoms in total. The first-order valence-electron chi connectivity index (χ1n) is 8.73. The normalized spacial score (nSPS) is 11.7. The summed E-state index contributed by atoms with van der Waals surface area (Å²) in [5.74, 6) is 0.194. The molecule has 0 amide bonds. The fraction of sp³-hybridized carbons (Fsp3) is 0.100. The van der Waals surface area contributed by atoms with Crippen LogP contribution >= 0.6 is 19.5 Å². The first kappa shape index (κ1) is 19.7. The minimum atomic E-state index is -4.33. The number of nitrogens with zero attached hydrogens (tertiary/aromatic N) is 2. The second-order valence-corrected chi connectivity index (χ2v) is 8.95. The number of benzene rings is 3. The quantitative estimate of drug-likeness (QED) is 0.286. The number of rotatable bonds is 5. The molecule has 29 heavy (non-hydrogen) atoms. The van der Waals surface area contributed by atoms with Crippen LogP contribution in [0.1, 0.15) is 5.56 Å². The molecule has 0 unspecified atom stereocenters. The minimum absolute atomic E-state index is 0.194. The number of fused-ring (bicyclic) bond motifs is 2. The molecule has 0 saturated heterocycles. The average molecular weight is 428 g/mol. The summed E-state index contributed by atoms with van der Waals surface area (Å²) in [6, 6.07) is 18.3. The van der Waals surface area contributed by atoms with Crippen LogP contribution in [0.3, 0.4) is 0 Å². The number of aromatic nitrogens is 1. The largest absolute Gasteiger partial charge is 0.613 e. The van der Waals surface area contributed by atoms with E-state index in [-0.39, 0.29) is 5.75 Å². The van der Waals surface area contributed by atoms with E-state index in [4.69, 9.17) is 24.6 Å². The highest BCUT2D eigenvalue weighted by Crippen LogP contribution is 2.46. The van der Waals surface area contributed by atoms with Gasteiger partial charge in [0, 0.05) is 19.3 Å². The molecule has 0 fully saturated rings. The molecule has 2 aromatic carbocycles. The smallest absolute Gasteiger partial charge is 0.370 e. The van der Waals surface area contributed by atoms with Crippen LogP contribution in [0.5, 0.6) is 5.75 Å². The van der Waals surface area contributed by atoms with Crippen LogP contribution in [-0.4, -0.2) is 26.7 Å². The van der Waals surface area contributed by atoms with Crippen molar-refractivity contribution in [1.29, 1.82) is 5.41 Å². The van der Waals surface area contributed by atoms with E-state index in [1.807, 2.05) is 37.4 Å². The van der Waals surface area contributed by atoms with E-state index in [9.17, 15) is 0 Å². The Hall–Kier alpha value is -2.61. The predicted molar refractivity (Wildman–Crippen MR) is 115 cm³/mol. The van der Waals surface area contributed by atoms with Crippen molar-refractivity contribution < 1.29 is 19.2 Å². The molecule has 4 N–H and O–H groups in total. The molecule has 2 aliphatic rings. The molecule has 0 radical (unpaired) electrons. The highest BCUT2D eigenvalue weighted by Gasteiger charge is 2.34. The first-order chi connectivity index (χ1) is 13.8. The van der Waals surface area contributed by atoms with Gasteiger partial charge in [-0.2, -0.15) is 14.7 Å². The second-order valence-electron chi connectivity index (χ2n) is 6.66. The summed E-state index contributed by atoms with van der Waals surface area (Å²) in [5.41, 5.74) is 3.67. The third kappa shape index (κ3) is 4.70. The molecule has 2 aromatic rings. The number of hydrogen-bond donors (Lipinski definition) is 4. The lowest BCUT2D eigenvalue weighted by molar-refractivity contribution is 0.238. The molecule has 4 rings (SSSR count). The Morgan fingerprint density at radius 3 is 2.69 bits per heavy atom. The molecular formula is C20H19N3O4PS+. The maximum absolute atomic E-state index is 9.09. The maximum atomic E-state index is 9.09. The first-order valence-corrected chi connectivity index (χ1v) is 11.1. The summed E-state index contributed by atoms with van der Waals surface area (Å²) in [5, 5.41) is 8.27. The second kappa shape index (κ2) is 7.67. The molecule has 148 valence electrons. The summed E-state index contributed by atoms with van der Waals surface area (Å²) in [6.45, 7) is 0.555. The zero-order chi connectivity index (χ0) is 20.6. The molecule has 1 aliphatic carbocycles. The van der Waals surface area contributed by atoms with Gasteiger partial charge in [-0.1, -0.05) is 12.1 Å². The van der Waals surface area contributed by atoms with Gasteiger partial charge in [0.15, 0.2) is 5.75 Å². The van der Waals surface area contributed by atoms with Gasteiger partial charge in [-0.05, 0) is 54.1 Å². The third-order valence-electron chi connectivity index (χ3n) is 4.35. The van der Waals surface area contributed by atoms with Crippen LogP contribution in [0.4, 0.5) is 5.69 Å². The number of anilines is 1. The van der Waals surface area contributed by atoms with Crippen molar-refractivity contribution in [1.82, 2.24) is 4.98 Å². The summed E-state index contributed by atoms with van der Waals surface area (Å²) < 4.78 is 5.80. The molecule has 0 saturated carbocycles. The van der Waals surface area contributed by atoms with Crippen molar-refractivity contribution in [3.05, 3.63) is 71.6 Å². The fourth-order valence-electron chi connectivity index (χ4n) is 3.06. The molecular weight excluding hydrogens is 409 g/mol. The Kier molecular flexibility index (Phi) is 5.21. The summed E-state index contributed by atoms with van der Waals surface area (Å²) in [4.78, 5) is 35.0. The monoisotopic (exact) mass is 428 g/mol. The molecule has 1 aliphatic heterocycles. The lowest BCUT2D eigenvalue weighted by Crippen LogP contribution is -2.16. The minimum Gasteiger partial charge on any atom is -0.370 e. The zero-order valence-electron chi connectivity index (χ0n) is 15.5. The van der Waals surface area contributed by atoms with Crippen molar-refractivity contribution in [2.24, 2.45) is 0 Å². The Morgan fingerprint density at radius 2 is 1.90 bits per heavy atom. The fourth-order valence-corrected chi connectivity index (χ4v) is 4.49. The Labute approximate surface area is 171 Å². The van der Waals surface area contributed by atoms with E-state index in [1.54, 1.807) is 35.6 Å². The summed E-state index contributed by atoms with van der Waals surface area (Å²) >= 11 is 1.60. The highest BCUT2D eigenvalue weighted by atomic mass is 32.1. The van der Waals surface area contributed by atoms with E-state index in [1.165, 1.54) is 0 Å². The standard InChI is InChI=1S/C20H19N3O4PS/c1-23(12-13-3-2-4-16(9-13)27-28(24,25)26)15-6-8-18-20(11-15)29-19-10-14(21)5-7-17(19)22-18/h2-11,21,24-26H,12H2,1H3/q+1. The summed E-state index contributed by atoms with van der Waals surface area (Å²) in [7, 11) is -2.38. The average Bonchev–Trinajstić information content (AvgIpc) is 2.64. The lowest BCUT2D eigenvalue weighted by Gasteiger charge is -2.20.